The third-order valence-electron chi connectivity index (χ3n) is 3.12. The molecule has 0 N–H and O–H groups in total. The van der Waals surface area contributed by atoms with Crippen LogP contribution in [0.1, 0.15) is 17.3 Å². The third-order valence-corrected chi connectivity index (χ3v) is 3.12. The van der Waals surface area contributed by atoms with Crippen molar-refractivity contribution in [1.29, 1.82) is 0 Å². The molecule has 110 valence electrons. The van der Waals surface area contributed by atoms with Gasteiger partial charge in [0.25, 0.3) is 0 Å². The number of hydrogen-bond donors (Lipinski definition) is 0. The molecule has 0 radical (unpaired) electrons. The lowest BCUT2D eigenvalue weighted by atomic mass is 10.1. The molecule has 5 heteroatoms. The highest BCUT2D eigenvalue weighted by Crippen LogP contribution is 2.17. The Balaban J connectivity index is 2.22. The first-order chi connectivity index (χ1) is 10.0. The molecule has 0 fully saturated rings. The summed E-state index contributed by atoms with van der Waals surface area (Å²) in [6, 6.07) is 8.51. The fourth-order valence-electron chi connectivity index (χ4n) is 2.03. The number of ketones is 1. The Morgan fingerprint density at radius 2 is 1.76 bits per heavy atom. The summed E-state index contributed by atoms with van der Waals surface area (Å²) in [4.78, 5) is 13.7. The Kier molecular flexibility index (Phi) is 4.62. The normalized spacial score (nSPS) is 10.5. The van der Waals surface area contributed by atoms with Gasteiger partial charge in [-0.3, -0.25) is 4.79 Å². The van der Waals surface area contributed by atoms with Crippen molar-refractivity contribution in [1.82, 2.24) is 0 Å². The zero-order valence-corrected chi connectivity index (χ0v) is 11.4. The van der Waals surface area contributed by atoms with E-state index in [4.69, 9.17) is 0 Å². The van der Waals surface area contributed by atoms with Crippen LogP contribution >= 0.6 is 0 Å². The highest BCUT2D eigenvalue weighted by Gasteiger charge is 2.16. The number of carbonyl (C=O) groups excluding carboxylic acids is 1. The van der Waals surface area contributed by atoms with Gasteiger partial charge in [0.15, 0.2) is 5.78 Å². The monoisotopic (exact) mass is 293 g/mol. The first-order valence-electron chi connectivity index (χ1n) is 6.50. The van der Waals surface area contributed by atoms with E-state index in [2.05, 4.69) is 0 Å². The van der Waals surface area contributed by atoms with Gasteiger partial charge in [-0.25, -0.2) is 13.2 Å². The predicted octanol–water partition coefficient (Wildman–Crippen LogP) is 3.81. The molecule has 21 heavy (non-hydrogen) atoms. The zero-order chi connectivity index (χ0) is 15.4. The van der Waals surface area contributed by atoms with Crippen molar-refractivity contribution in [3.05, 3.63) is 65.5 Å². The minimum atomic E-state index is -0.767. The van der Waals surface area contributed by atoms with Crippen LogP contribution in [0.2, 0.25) is 0 Å². The van der Waals surface area contributed by atoms with Crippen molar-refractivity contribution in [2.45, 2.75) is 6.92 Å². The minimum absolute atomic E-state index is 0.152. The van der Waals surface area contributed by atoms with Crippen LogP contribution in [-0.4, -0.2) is 18.9 Å². The molecule has 2 aromatic rings. The molecule has 2 rings (SSSR count). The molecule has 0 saturated heterocycles. The van der Waals surface area contributed by atoms with E-state index in [0.29, 0.717) is 12.2 Å². The minimum Gasteiger partial charge on any atom is -0.364 e. The van der Waals surface area contributed by atoms with Gasteiger partial charge in [-0.05, 0) is 43.3 Å². The van der Waals surface area contributed by atoms with Gasteiger partial charge >= 0.3 is 0 Å². The van der Waals surface area contributed by atoms with E-state index in [0.717, 1.165) is 18.2 Å². The average molecular weight is 293 g/mol. The summed E-state index contributed by atoms with van der Waals surface area (Å²) in [6.07, 6.45) is 0. The van der Waals surface area contributed by atoms with Gasteiger partial charge in [-0.15, -0.1) is 0 Å². The summed E-state index contributed by atoms with van der Waals surface area (Å²) < 4.78 is 39.9. The Morgan fingerprint density at radius 3 is 2.43 bits per heavy atom. The molecule has 0 heterocycles. The number of likely N-dealkylation sites (N-methyl/N-ethyl adjacent to an activating group) is 1. The Bertz CT molecular complexity index is 658. The van der Waals surface area contributed by atoms with Gasteiger partial charge in [0.2, 0.25) is 0 Å². The van der Waals surface area contributed by atoms with Gasteiger partial charge in [0.1, 0.15) is 17.5 Å². The number of carbonyl (C=O) groups is 1. The second kappa shape index (κ2) is 6.43. The molecule has 0 aliphatic carbocycles. The SMILES string of the molecule is CCN(CC(=O)c1cc(F)ccc1F)c1cccc(F)c1. The van der Waals surface area contributed by atoms with Crippen LogP contribution in [0.4, 0.5) is 18.9 Å². The van der Waals surface area contributed by atoms with Crippen molar-refractivity contribution in [2.24, 2.45) is 0 Å². The highest BCUT2D eigenvalue weighted by atomic mass is 19.1. The first kappa shape index (κ1) is 15.1. The maximum atomic E-state index is 13.6. The van der Waals surface area contributed by atoms with E-state index in [-0.39, 0.29) is 12.1 Å². The molecule has 0 aliphatic heterocycles. The zero-order valence-electron chi connectivity index (χ0n) is 11.4. The van der Waals surface area contributed by atoms with E-state index in [1.54, 1.807) is 17.9 Å². The van der Waals surface area contributed by atoms with Gasteiger partial charge in [-0.2, -0.15) is 0 Å². The van der Waals surface area contributed by atoms with E-state index >= 15 is 0 Å². The summed E-state index contributed by atoms with van der Waals surface area (Å²) >= 11 is 0. The van der Waals surface area contributed by atoms with E-state index in [9.17, 15) is 18.0 Å². The number of rotatable bonds is 5. The Morgan fingerprint density at radius 1 is 1.05 bits per heavy atom. The summed E-state index contributed by atoms with van der Waals surface area (Å²) in [5, 5.41) is 0. The molecular weight excluding hydrogens is 279 g/mol. The molecule has 0 saturated carbocycles. The molecule has 0 aromatic heterocycles. The van der Waals surface area contributed by atoms with E-state index in [1.165, 1.54) is 18.2 Å². The third kappa shape index (κ3) is 3.62. The first-order valence-corrected chi connectivity index (χ1v) is 6.50. The summed E-state index contributed by atoms with van der Waals surface area (Å²) in [5.41, 5.74) is 0.215. The standard InChI is InChI=1S/C16H14F3NO/c1-2-20(13-5-3-4-11(17)8-13)10-16(21)14-9-12(18)6-7-15(14)19/h3-9H,2,10H2,1H3. The Labute approximate surface area is 120 Å². The second-order valence-electron chi connectivity index (χ2n) is 4.54. The van der Waals surface area contributed by atoms with Crippen molar-refractivity contribution in [2.75, 3.05) is 18.0 Å². The topological polar surface area (TPSA) is 20.3 Å². The van der Waals surface area contributed by atoms with Crippen molar-refractivity contribution < 1.29 is 18.0 Å². The molecular formula is C16H14F3NO. The lowest BCUT2D eigenvalue weighted by Crippen LogP contribution is -2.30. The van der Waals surface area contributed by atoms with Crippen molar-refractivity contribution in [3.63, 3.8) is 0 Å². The lowest BCUT2D eigenvalue weighted by molar-refractivity contribution is 0.0995. The van der Waals surface area contributed by atoms with Crippen LogP contribution in [0.15, 0.2) is 42.5 Å². The van der Waals surface area contributed by atoms with E-state index in [1.807, 2.05) is 0 Å². The molecule has 0 unspecified atom stereocenters. The largest absolute Gasteiger partial charge is 0.364 e. The van der Waals surface area contributed by atoms with Crippen LogP contribution in [0.25, 0.3) is 0 Å². The number of nitrogens with zero attached hydrogens (tertiary/aromatic N) is 1. The number of anilines is 1. The number of Topliss-reactive ketones (excluding diaryl/α,β-unsaturated/α-hetero) is 1. The molecule has 0 aliphatic rings. The Hall–Kier alpha value is -2.30. The van der Waals surface area contributed by atoms with Gasteiger partial charge in [0, 0.05) is 12.2 Å². The number of hydrogen-bond acceptors (Lipinski definition) is 2. The molecule has 2 aromatic carbocycles. The number of benzene rings is 2. The van der Waals surface area contributed by atoms with Crippen LogP contribution in [-0.2, 0) is 0 Å². The highest BCUT2D eigenvalue weighted by molar-refractivity contribution is 5.99. The summed E-state index contributed by atoms with van der Waals surface area (Å²) in [5.74, 6) is -2.42. The summed E-state index contributed by atoms with van der Waals surface area (Å²) in [7, 11) is 0. The number of halogens is 3. The quantitative estimate of drug-likeness (QED) is 0.781. The molecule has 0 spiro atoms. The molecule has 0 bridgehead atoms. The van der Waals surface area contributed by atoms with Crippen LogP contribution in [0.5, 0.6) is 0 Å². The van der Waals surface area contributed by atoms with Gasteiger partial charge < -0.3 is 4.90 Å². The molecule has 2 nitrogen and oxygen atoms in total. The molecule has 0 amide bonds. The molecule has 0 atom stereocenters. The van der Waals surface area contributed by atoms with Gasteiger partial charge in [-0.1, -0.05) is 6.07 Å². The van der Waals surface area contributed by atoms with Crippen LogP contribution in [0, 0.1) is 17.5 Å². The average Bonchev–Trinajstić information content (AvgIpc) is 2.47. The summed E-state index contributed by atoms with van der Waals surface area (Å²) in [6.45, 7) is 2.08. The van der Waals surface area contributed by atoms with Crippen molar-refractivity contribution >= 4 is 11.5 Å². The van der Waals surface area contributed by atoms with E-state index < -0.39 is 23.2 Å². The van der Waals surface area contributed by atoms with Gasteiger partial charge in [0.05, 0.1) is 12.1 Å². The fourth-order valence-corrected chi connectivity index (χ4v) is 2.03. The maximum Gasteiger partial charge on any atom is 0.185 e. The second-order valence-corrected chi connectivity index (χ2v) is 4.54. The van der Waals surface area contributed by atoms with Crippen molar-refractivity contribution in [3.8, 4) is 0 Å². The van der Waals surface area contributed by atoms with Crippen LogP contribution < -0.4 is 4.90 Å². The fraction of sp³-hybridized carbons (Fsp3) is 0.188. The van der Waals surface area contributed by atoms with Crippen LogP contribution in [0.3, 0.4) is 0 Å². The smallest absolute Gasteiger partial charge is 0.185 e. The predicted molar refractivity (Wildman–Crippen MR) is 75.0 cm³/mol. The lowest BCUT2D eigenvalue weighted by Gasteiger charge is -2.22. The maximum absolute atomic E-state index is 13.6.